The average Bonchev–Trinajstić information content (AvgIpc) is 2.49. The molecule has 0 atom stereocenters. The van der Waals surface area contributed by atoms with E-state index in [1.54, 1.807) is 12.3 Å². The summed E-state index contributed by atoms with van der Waals surface area (Å²) in [6, 6.07) is 4.57. The molecular formula is C7H6BrN3O2. The van der Waals surface area contributed by atoms with E-state index >= 15 is 0 Å². The van der Waals surface area contributed by atoms with Crippen molar-refractivity contribution in [2.75, 3.05) is 0 Å². The van der Waals surface area contributed by atoms with Crippen molar-refractivity contribution in [2.24, 2.45) is 0 Å². The lowest BCUT2D eigenvalue weighted by Gasteiger charge is -1.89. The van der Waals surface area contributed by atoms with Crippen molar-refractivity contribution < 1.29 is 4.92 Å². The van der Waals surface area contributed by atoms with E-state index in [1.165, 1.54) is 12.1 Å². The highest BCUT2D eigenvalue weighted by Crippen LogP contribution is 2.17. The Hall–Kier alpha value is -1.43. The molecule has 0 spiro atoms. The monoisotopic (exact) mass is 243 g/mol. The molecule has 0 unspecified atom stereocenters. The molecule has 2 rings (SSSR count). The standard InChI is InChI=1S/C7H5N3O2.BrH/c11-10(12)6-1-2-7-5(3-6)4-8-9-7;/h1-4H,(H,8,9);1H. The van der Waals surface area contributed by atoms with Gasteiger partial charge in [0, 0.05) is 17.5 Å². The Morgan fingerprint density at radius 1 is 1.46 bits per heavy atom. The van der Waals surface area contributed by atoms with Gasteiger partial charge in [-0.2, -0.15) is 5.10 Å². The summed E-state index contributed by atoms with van der Waals surface area (Å²) in [5, 5.41) is 17.6. The van der Waals surface area contributed by atoms with Crippen molar-refractivity contribution in [1.82, 2.24) is 10.2 Å². The van der Waals surface area contributed by atoms with Crippen molar-refractivity contribution in [1.29, 1.82) is 0 Å². The molecule has 0 aliphatic carbocycles. The molecule has 1 aromatic carbocycles. The third-order valence-electron chi connectivity index (χ3n) is 1.63. The number of H-pyrrole nitrogens is 1. The summed E-state index contributed by atoms with van der Waals surface area (Å²) in [7, 11) is 0. The Labute approximate surface area is 83.7 Å². The van der Waals surface area contributed by atoms with Crippen LogP contribution in [0.1, 0.15) is 0 Å². The number of nitrogens with zero attached hydrogens (tertiary/aromatic N) is 2. The Balaban J connectivity index is 0.000000845. The quantitative estimate of drug-likeness (QED) is 0.616. The summed E-state index contributed by atoms with van der Waals surface area (Å²) in [6.45, 7) is 0. The summed E-state index contributed by atoms with van der Waals surface area (Å²) in [6.07, 6.45) is 1.56. The molecule has 6 heteroatoms. The molecule has 68 valence electrons. The maximum absolute atomic E-state index is 10.3. The van der Waals surface area contributed by atoms with Crippen molar-refractivity contribution in [2.45, 2.75) is 0 Å². The molecule has 0 saturated carbocycles. The first kappa shape index (κ1) is 9.66. The fourth-order valence-electron chi connectivity index (χ4n) is 1.04. The predicted octanol–water partition coefficient (Wildman–Crippen LogP) is 2.05. The van der Waals surface area contributed by atoms with Gasteiger partial charge in [-0.1, -0.05) is 0 Å². The van der Waals surface area contributed by atoms with E-state index in [-0.39, 0.29) is 22.7 Å². The first-order chi connectivity index (χ1) is 5.77. The van der Waals surface area contributed by atoms with Gasteiger partial charge in [-0.15, -0.1) is 17.0 Å². The highest BCUT2D eigenvalue weighted by Gasteiger charge is 2.05. The molecule has 0 saturated heterocycles. The van der Waals surface area contributed by atoms with Gasteiger partial charge < -0.3 is 0 Å². The molecule has 1 N–H and O–H groups in total. The van der Waals surface area contributed by atoms with Crippen LogP contribution in [0.2, 0.25) is 0 Å². The Morgan fingerprint density at radius 2 is 2.23 bits per heavy atom. The molecule has 0 radical (unpaired) electrons. The number of halogens is 1. The van der Waals surface area contributed by atoms with Crippen LogP contribution in [0.4, 0.5) is 5.69 Å². The minimum Gasteiger partial charge on any atom is -0.278 e. The number of fused-ring (bicyclic) bond motifs is 1. The number of nitrogens with one attached hydrogen (secondary N) is 1. The predicted molar refractivity (Wildman–Crippen MR) is 53.1 cm³/mol. The number of rotatable bonds is 1. The number of nitro benzene ring substituents is 1. The highest BCUT2D eigenvalue weighted by molar-refractivity contribution is 8.93. The van der Waals surface area contributed by atoms with E-state index in [2.05, 4.69) is 10.2 Å². The van der Waals surface area contributed by atoms with Crippen LogP contribution < -0.4 is 0 Å². The maximum Gasteiger partial charge on any atom is 0.270 e. The van der Waals surface area contributed by atoms with Crippen LogP contribution in [0.3, 0.4) is 0 Å². The Morgan fingerprint density at radius 3 is 2.92 bits per heavy atom. The topological polar surface area (TPSA) is 71.8 Å². The van der Waals surface area contributed by atoms with E-state index in [0.717, 1.165) is 10.9 Å². The van der Waals surface area contributed by atoms with E-state index in [4.69, 9.17) is 0 Å². The fourth-order valence-corrected chi connectivity index (χ4v) is 1.04. The minimum absolute atomic E-state index is 0. The molecule has 0 fully saturated rings. The molecule has 2 aromatic rings. The van der Waals surface area contributed by atoms with Gasteiger partial charge >= 0.3 is 0 Å². The van der Waals surface area contributed by atoms with Crippen LogP contribution in [-0.2, 0) is 0 Å². The number of hydrogen-bond donors (Lipinski definition) is 1. The summed E-state index contributed by atoms with van der Waals surface area (Å²) in [5.74, 6) is 0. The van der Waals surface area contributed by atoms with Gasteiger partial charge in [0.05, 0.1) is 16.6 Å². The second kappa shape index (κ2) is 3.53. The average molecular weight is 244 g/mol. The minimum atomic E-state index is -0.424. The number of hydrogen-bond acceptors (Lipinski definition) is 3. The van der Waals surface area contributed by atoms with Crippen molar-refractivity contribution in [3.05, 3.63) is 34.5 Å². The lowest BCUT2D eigenvalue weighted by atomic mass is 10.2. The zero-order chi connectivity index (χ0) is 8.55. The summed E-state index contributed by atoms with van der Waals surface area (Å²) in [4.78, 5) is 9.92. The molecule has 0 aliphatic rings. The fraction of sp³-hybridized carbons (Fsp3) is 0. The number of aromatic amines is 1. The summed E-state index contributed by atoms with van der Waals surface area (Å²) in [5.41, 5.74) is 0.893. The van der Waals surface area contributed by atoms with Crippen LogP contribution in [-0.4, -0.2) is 15.1 Å². The normalized spacial score (nSPS) is 9.54. The van der Waals surface area contributed by atoms with E-state index in [0.29, 0.717) is 0 Å². The zero-order valence-corrected chi connectivity index (χ0v) is 8.14. The zero-order valence-electron chi connectivity index (χ0n) is 6.43. The van der Waals surface area contributed by atoms with Crippen LogP contribution >= 0.6 is 17.0 Å². The van der Waals surface area contributed by atoms with E-state index < -0.39 is 4.92 Å². The third kappa shape index (κ3) is 1.67. The first-order valence-electron chi connectivity index (χ1n) is 3.35. The van der Waals surface area contributed by atoms with Crippen molar-refractivity contribution >= 4 is 33.6 Å². The smallest absolute Gasteiger partial charge is 0.270 e. The Kier molecular flexibility index (Phi) is 2.62. The lowest BCUT2D eigenvalue weighted by molar-refractivity contribution is -0.384. The summed E-state index contributed by atoms with van der Waals surface area (Å²) >= 11 is 0. The van der Waals surface area contributed by atoms with Gasteiger partial charge in [-0.05, 0) is 6.07 Å². The number of benzene rings is 1. The van der Waals surface area contributed by atoms with Gasteiger partial charge in [-0.25, -0.2) is 0 Å². The largest absolute Gasteiger partial charge is 0.278 e. The molecule has 5 nitrogen and oxygen atoms in total. The molecule has 1 aromatic heterocycles. The van der Waals surface area contributed by atoms with Gasteiger partial charge in [0.25, 0.3) is 5.69 Å². The molecule has 0 amide bonds. The first-order valence-corrected chi connectivity index (χ1v) is 3.35. The SMILES string of the molecule is Br.O=[N+]([O-])c1ccc2[nH]ncc2c1. The van der Waals surface area contributed by atoms with Crippen molar-refractivity contribution in [3.8, 4) is 0 Å². The number of non-ortho nitro benzene ring substituents is 1. The van der Waals surface area contributed by atoms with Crippen molar-refractivity contribution in [3.63, 3.8) is 0 Å². The molecular weight excluding hydrogens is 238 g/mol. The molecule has 1 heterocycles. The summed E-state index contributed by atoms with van der Waals surface area (Å²) < 4.78 is 0. The lowest BCUT2D eigenvalue weighted by Crippen LogP contribution is -1.86. The van der Waals surface area contributed by atoms with Gasteiger partial charge in [0.2, 0.25) is 0 Å². The highest BCUT2D eigenvalue weighted by atomic mass is 79.9. The maximum atomic E-state index is 10.3. The Bertz CT molecular complexity index is 440. The van der Waals surface area contributed by atoms with Crippen LogP contribution in [0.5, 0.6) is 0 Å². The van der Waals surface area contributed by atoms with Crippen LogP contribution in [0.25, 0.3) is 10.9 Å². The molecule has 0 aliphatic heterocycles. The van der Waals surface area contributed by atoms with Gasteiger partial charge in [-0.3, -0.25) is 15.2 Å². The molecule has 0 bridgehead atoms. The number of aromatic nitrogens is 2. The molecule has 13 heavy (non-hydrogen) atoms. The van der Waals surface area contributed by atoms with Gasteiger partial charge in [0.1, 0.15) is 0 Å². The second-order valence-corrected chi connectivity index (χ2v) is 2.40. The van der Waals surface area contributed by atoms with E-state index in [9.17, 15) is 10.1 Å². The van der Waals surface area contributed by atoms with Crippen LogP contribution in [0.15, 0.2) is 24.4 Å². The second-order valence-electron chi connectivity index (χ2n) is 2.40. The van der Waals surface area contributed by atoms with Crippen LogP contribution in [0, 0.1) is 10.1 Å². The van der Waals surface area contributed by atoms with E-state index in [1.807, 2.05) is 0 Å². The number of nitro groups is 1. The van der Waals surface area contributed by atoms with Gasteiger partial charge in [0.15, 0.2) is 0 Å². The third-order valence-corrected chi connectivity index (χ3v) is 1.63.